The zero-order valence-corrected chi connectivity index (χ0v) is 14.1. The Morgan fingerprint density at radius 3 is 2.88 bits per heavy atom. The van der Waals surface area contributed by atoms with Gasteiger partial charge in [0.15, 0.2) is 5.13 Å². The molecule has 25 heavy (non-hydrogen) atoms. The number of amides is 2. The van der Waals surface area contributed by atoms with Gasteiger partial charge in [-0.15, -0.1) is 11.3 Å². The van der Waals surface area contributed by atoms with E-state index in [1.165, 1.54) is 36.7 Å². The molecule has 1 aliphatic heterocycles. The number of benzene rings is 1. The van der Waals surface area contributed by atoms with Crippen molar-refractivity contribution < 1.29 is 18.4 Å². The van der Waals surface area contributed by atoms with Crippen LogP contribution < -0.4 is 5.32 Å². The molecule has 1 aliphatic rings. The van der Waals surface area contributed by atoms with E-state index >= 15 is 0 Å². The summed E-state index contributed by atoms with van der Waals surface area (Å²) < 4.78 is 26.6. The van der Waals surface area contributed by atoms with Crippen LogP contribution in [0.1, 0.15) is 23.3 Å². The van der Waals surface area contributed by atoms with Crippen LogP contribution in [0.4, 0.5) is 13.9 Å². The van der Waals surface area contributed by atoms with Crippen molar-refractivity contribution in [3.8, 4) is 0 Å². The molecular formula is C16H14F2N4O2S. The van der Waals surface area contributed by atoms with E-state index in [1.807, 2.05) is 0 Å². The second kappa shape index (κ2) is 7.06. The first-order valence-corrected chi connectivity index (χ1v) is 8.28. The van der Waals surface area contributed by atoms with Crippen LogP contribution >= 0.6 is 11.3 Å². The van der Waals surface area contributed by atoms with Gasteiger partial charge in [-0.1, -0.05) is 6.07 Å². The van der Waals surface area contributed by atoms with Crippen LogP contribution in [0.25, 0.3) is 0 Å². The van der Waals surface area contributed by atoms with Crippen LogP contribution in [0, 0.1) is 11.6 Å². The molecule has 130 valence electrons. The molecule has 1 aromatic carbocycles. The van der Waals surface area contributed by atoms with Crippen LogP contribution in [0.2, 0.25) is 0 Å². The summed E-state index contributed by atoms with van der Waals surface area (Å²) in [7, 11) is 1.49. The predicted molar refractivity (Wildman–Crippen MR) is 89.3 cm³/mol. The highest BCUT2D eigenvalue weighted by Crippen LogP contribution is 2.23. The molecule has 2 amide bonds. The number of anilines is 1. The summed E-state index contributed by atoms with van der Waals surface area (Å²) in [5.74, 6) is -1.82. The molecule has 3 rings (SSSR count). The van der Waals surface area contributed by atoms with E-state index in [1.54, 1.807) is 0 Å². The SMILES string of the molecule is CN1N=C(C(=O)Nc2ncc(Cc3ccc(F)cc3F)s2)CCC1=O. The Hall–Kier alpha value is -2.68. The molecule has 9 heteroatoms. The normalized spacial score (nSPS) is 14.4. The molecule has 1 aromatic heterocycles. The van der Waals surface area contributed by atoms with Gasteiger partial charge in [-0.25, -0.2) is 18.8 Å². The van der Waals surface area contributed by atoms with E-state index in [0.717, 1.165) is 16.0 Å². The van der Waals surface area contributed by atoms with Crippen molar-refractivity contribution in [2.45, 2.75) is 19.3 Å². The highest BCUT2D eigenvalue weighted by molar-refractivity contribution is 7.15. The molecule has 2 heterocycles. The molecule has 0 unspecified atom stereocenters. The predicted octanol–water partition coefficient (Wildman–Crippen LogP) is 2.56. The number of carbonyl (C=O) groups is 2. The Labute approximate surface area is 146 Å². The zero-order valence-electron chi connectivity index (χ0n) is 13.3. The Morgan fingerprint density at radius 1 is 1.36 bits per heavy atom. The molecule has 0 atom stereocenters. The molecule has 0 fully saturated rings. The number of hydrogen-bond acceptors (Lipinski definition) is 5. The molecule has 0 bridgehead atoms. The summed E-state index contributed by atoms with van der Waals surface area (Å²) in [4.78, 5) is 28.3. The molecule has 0 spiro atoms. The first-order valence-electron chi connectivity index (χ1n) is 7.46. The van der Waals surface area contributed by atoms with Crippen molar-refractivity contribution in [1.29, 1.82) is 0 Å². The van der Waals surface area contributed by atoms with Crippen LogP contribution in [-0.4, -0.2) is 34.6 Å². The summed E-state index contributed by atoms with van der Waals surface area (Å²) in [6, 6.07) is 3.41. The van der Waals surface area contributed by atoms with Crippen LogP contribution in [-0.2, 0) is 16.0 Å². The van der Waals surface area contributed by atoms with Gasteiger partial charge in [0.2, 0.25) is 5.91 Å². The fourth-order valence-corrected chi connectivity index (χ4v) is 3.13. The number of aromatic nitrogens is 1. The number of nitrogens with one attached hydrogen (secondary N) is 1. The van der Waals surface area contributed by atoms with Crippen LogP contribution in [0.3, 0.4) is 0 Å². The van der Waals surface area contributed by atoms with Gasteiger partial charge in [0, 0.05) is 43.5 Å². The average molecular weight is 364 g/mol. The molecule has 1 N–H and O–H groups in total. The standard InChI is InChI=1S/C16H14F2N4O2S/c1-22-14(23)5-4-13(21-22)15(24)20-16-19-8-11(25-16)6-9-2-3-10(17)7-12(9)18/h2-3,7-8H,4-6H2,1H3,(H,19,20,24). The van der Waals surface area contributed by atoms with E-state index in [4.69, 9.17) is 0 Å². The van der Waals surface area contributed by atoms with Crippen LogP contribution in [0.15, 0.2) is 29.5 Å². The monoisotopic (exact) mass is 364 g/mol. The van der Waals surface area contributed by atoms with E-state index in [2.05, 4.69) is 15.4 Å². The van der Waals surface area contributed by atoms with Gasteiger partial charge in [-0.3, -0.25) is 14.9 Å². The minimum atomic E-state index is -0.629. The molecule has 0 saturated carbocycles. The lowest BCUT2D eigenvalue weighted by Gasteiger charge is -2.18. The van der Waals surface area contributed by atoms with Crippen molar-refractivity contribution >= 4 is 34.0 Å². The minimum Gasteiger partial charge on any atom is -0.297 e. The van der Waals surface area contributed by atoms with E-state index in [-0.39, 0.29) is 30.9 Å². The molecule has 0 aliphatic carbocycles. The van der Waals surface area contributed by atoms with E-state index < -0.39 is 17.5 Å². The Kier molecular flexibility index (Phi) is 4.84. The third-order valence-corrected chi connectivity index (χ3v) is 4.54. The number of hydrazone groups is 1. The van der Waals surface area contributed by atoms with Gasteiger partial charge in [0.25, 0.3) is 5.91 Å². The quantitative estimate of drug-likeness (QED) is 0.906. The molecule has 0 radical (unpaired) electrons. The maximum absolute atomic E-state index is 13.7. The Bertz CT molecular complexity index is 866. The van der Waals surface area contributed by atoms with Gasteiger partial charge in [0.1, 0.15) is 17.3 Å². The Balaban J connectivity index is 1.66. The summed E-state index contributed by atoms with van der Waals surface area (Å²) >= 11 is 1.20. The third-order valence-electron chi connectivity index (χ3n) is 3.62. The fourth-order valence-electron chi connectivity index (χ4n) is 2.30. The maximum atomic E-state index is 13.7. The fraction of sp³-hybridized carbons (Fsp3) is 0.250. The van der Waals surface area contributed by atoms with Crippen molar-refractivity contribution in [2.75, 3.05) is 12.4 Å². The topological polar surface area (TPSA) is 74.7 Å². The minimum absolute atomic E-state index is 0.144. The first-order chi connectivity index (χ1) is 11.9. The maximum Gasteiger partial charge on any atom is 0.273 e. The van der Waals surface area contributed by atoms with Crippen molar-refractivity contribution in [2.24, 2.45) is 5.10 Å². The number of hydrogen-bond donors (Lipinski definition) is 1. The summed E-state index contributed by atoms with van der Waals surface area (Å²) in [5.41, 5.74) is 0.600. The second-order valence-corrected chi connectivity index (χ2v) is 6.58. The van der Waals surface area contributed by atoms with E-state index in [0.29, 0.717) is 10.7 Å². The number of nitrogens with zero attached hydrogens (tertiary/aromatic N) is 3. The van der Waals surface area contributed by atoms with Gasteiger partial charge in [0.05, 0.1) is 0 Å². The lowest BCUT2D eigenvalue weighted by atomic mass is 10.1. The zero-order chi connectivity index (χ0) is 18.0. The summed E-state index contributed by atoms with van der Waals surface area (Å²) in [6.07, 6.45) is 2.28. The van der Waals surface area contributed by atoms with Gasteiger partial charge in [-0.2, -0.15) is 5.10 Å². The highest BCUT2D eigenvalue weighted by atomic mass is 32.1. The van der Waals surface area contributed by atoms with Crippen molar-refractivity contribution in [1.82, 2.24) is 9.99 Å². The smallest absolute Gasteiger partial charge is 0.273 e. The molecule has 0 saturated heterocycles. The second-order valence-electron chi connectivity index (χ2n) is 5.46. The highest BCUT2D eigenvalue weighted by Gasteiger charge is 2.22. The average Bonchev–Trinajstić information content (AvgIpc) is 3.00. The number of rotatable bonds is 4. The molecule has 2 aromatic rings. The van der Waals surface area contributed by atoms with E-state index in [9.17, 15) is 18.4 Å². The largest absolute Gasteiger partial charge is 0.297 e. The van der Waals surface area contributed by atoms with Gasteiger partial charge in [-0.05, 0) is 11.6 Å². The summed E-state index contributed by atoms with van der Waals surface area (Å²) in [6.45, 7) is 0. The lowest BCUT2D eigenvalue weighted by molar-refractivity contribution is -0.130. The van der Waals surface area contributed by atoms with Gasteiger partial charge < -0.3 is 0 Å². The molecular weight excluding hydrogens is 350 g/mol. The van der Waals surface area contributed by atoms with Gasteiger partial charge >= 0.3 is 0 Å². The third kappa shape index (κ3) is 4.05. The number of carbonyl (C=O) groups excluding carboxylic acids is 2. The number of halogens is 2. The lowest BCUT2D eigenvalue weighted by Crippen LogP contribution is -2.34. The molecule has 6 nitrogen and oxygen atoms in total. The van der Waals surface area contributed by atoms with Crippen LogP contribution in [0.5, 0.6) is 0 Å². The summed E-state index contributed by atoms with van der Waals surface area (Å²) in [5, 5.41) is 8.05. The first kappa shape index (κ1) is 17.2. The van der Waals surface area contributed by atoms with Crippen molar-refractivity contribution in [3.63, 3.8) is 0 Å². The van der Waals surface area contributed by atoms with Crippen molar-refractivity contribution in [3.05, 3.63) is 46.5 Å². The Morgan fingerprint density at radius 2 is 2.16 bits per heavy atom. The number of thiazole rings is 1.